The number of anilines is 2. The molecule has 0 bridgehead atoms. The van der Waals surface area contributed by atoms with E-state index in [-0.39, 0.29) is 5.91 Å². The number of nitrogens with one attached hydrogen (secondary N) is 2. The van der Waals surface area contributed by atoms with Crippen LogP contribution in [0.2, 0.25) is 5.02 Å². The Labute approximate surface area is 120 Å². The average Bonchev–Trinajstić information content (AvgIpc) is 2.49. The molecule has 0 heterocycles. The van der Waals surface area contributed by atoms with Gasteiger partial charge in [-0.05, 0) is 42.5 Å². The van der Waals surface area contributed by atoms with Crippen molar-refractivity contribution in [3.05, 3.63) is 58.6 Å². The van der Waals surface area contributed by atoms with Crippen molar-refractivity contribution in [2.24, 2.45) is 5.84 Å². The van der Waals surface area contributed by atoms with Gasteiger partial charge in [0.25, 0.3) is 5.91 Å². The lowest BCUT2D eigenvalue weighted by molar-refractivity contribution is 0.102. The molecular weight excluding hydrogens is 276 g/mol. The second-order valence-corrected chi connectivity index (χ2v) is 4.39. The number of nitrogens with two attached hydrogens (primary N) is 1. The Hall–Kier alpha value is -2.55. The Kier molecular flexibility index (Phi) is 4.20. The van der Waals surface area contributed by atoms with Gasteiger partial charge in [-0.3, -0.25) is 10.6 Å². The zero-order chi connectivity index (χ0) is 14.5. The summed E-state index contributed by atoms with van der Waals surface area (Å²) in [5.41, 5.74) is 4.56. The molecule has 0 saturated carbocycles. The summed E-state index contributed by atoms with van der Waals surface area (Å²) in [4.78, 5) is 12.0. The minimum atomic E-state index is -0.292. The molecule has 0 unspecified atom stereocenters. The van der Waals surface area contributed by atoms with Gasteiger partial charge in [-0.1, -0.05) is 11.6 Å². The molecule has 0 radical (unpaired) electrons. The molecule has 2 aromatic carbocycles. The van der Waals surface area contributed by atoms with Crippen molar-refractivity contribution in [3.63, 3.8) is 0 Å². The standard InChI is InChI=1S/C14H11ClN4O/c15-12-7-9(8-16)1-6-13(12)18-14(20)10-2-4-11(19-17)5-3-10/h1-7,19H,17H2,(H,18,20). The number of hydrogen-bond acceptors (Lipinski definition) is 4. The van der Waals surface area contributed by atoms with Crippen molar-refractivity contribution < 1.29 is 4.79 Å². The number of amides is 1. The third-order valence-electron chi connectivity index (χ3n) is 2.66. The second-order valence-electron chi connectivity index (χ2n) is 3.98. The molecule has 4 N–H and O–H groups in total. The van der Waals surface area contributed by atoms with Crippen LogP contribution >= 0.6 is 11.6 Å². The fourth-order valence-electron chi connectivity index (χ4n) is 1.60. The Morgan fingerprint density at radius 2 is 1.90 bits per heavy atom. The minimum Gasteiger partial charge on any atom is -0.324 e. The lowest BCUT2D eigenvalue weighted by atomic mass is 10.1. The van der Waals surface area contributed by atoms with Crippen LogP contribution in [0.4, 0.5) is 11.4 Å². The predicted octanol–water partition coefficient (Wildman–Crippen LogP) is 2.75. The van der Waals surface area contributed by atoms with Crippen LogP contribution in [-0.4, -0.2) is 5.91 Å². The Balaban J connectivity index is 2.17. The highest BCUT2D eigenvalue weighted by atomic mass is 35.5. The predicted molar refractivity (Wildman–Crippen MR) is 78.4 cm³/mol. The highest BCUT2D eigenvalue weighted by molar-refractivity contribution is 6.34. The third-order valence-corrected chi connectivity index (χ3v) is 2.97. The number of rotatable bonds is 3. The highest BCUT2D eigenvalue weighted by Gasteiger charge is 2.09. The Bertz CT molecular complexity index is 677. The summed E-state index contributed by atoms with van der Waals surface area (Å²) >= 11 is 6.00. The molecule has 20 heavy (non-hydrogen) atoms. The van der Waals surface area contributed by atoms with Gasteiger partial charge in [0.2, 0.25) is 0 Å². The van der Waals surface area contributed by atoms with E-state index in [1.807, 2.05) is 6.07 Å². The number of hydrazine groups is 1. The number of halogens is 1. The Morgan fingerprint density at radius 1 is 1.20 bits per heavy atom. The van der Waals surface area contributed by atoms with E-state index >= 15 is 0 Å². The number of nitrogen functional groups attached to an aromatic ring is 1. The van der Waals surface area contributed by atoms with Crippen LogP contribution in [0, 0.1) is 11.3 Å². The maximum atomic E-state index is 12.0. The lowest BCUT2D eigenvalue weighted by Gasteiger charge is -2.08. The summed E-state index contributed by atoms with van der Waals surface area (Å²) in [6, 6.07) is 13.3. The van der Waals surface area contributed by atoms with Gasteiger partial charge >= 0.3 is 0 Å². The molecule has 0 spiro atoms. The number of nitrogens with zero attached hydrogens (tertiary/aromatic N) is 1. The van der Waals surface area contributed by atoms with E-state index in [0.717, 1.165) is 0 Å². The molecule has 0 atom stereocenters. The molecule has 0 saturated heterocycles. The molecule has 5 nitrogen and oxygen atoms in total. The SMILES string of the molecule is N#Cc1ccc(NC(=O)c2ccc(NN)cc2)c(Cl)c1. The lowest BCUT2D eigenvalue weighted by Crippen LogP contribution is -2.13. The van der Waals surface area contributed by atoms with Crippen molar-refractivity contribution in [1.82, 2.24) is 0 Å². The fourth-order valence-corrected chi connectivity index (χ4v) is 1.83. The summed E-state index contributed by atoms with van der Waals surface area (Å²) in [5.74, 6) is 4.96. The van der Waals surface area contributed by atoms with Crippen LogP contribution in [0.3, 0.4) is 0 Å². The molecule has 2 rings (SSSR count). The normalized spacial score (nSPS) is 9.65. The van der Waals surface area contributed by atoms with E-state index in [2.05, 4.69) is 10.7 Å². The number of benzene rings is 2. The van der Waals surface area contributed by atoms with Gasteiger partial charge < -0.3 is 10.7 Å². The largest absolute Gasteiger partial charge is 0.324 e. The fraction of sp³-hybridized carbons (Fsp3) is 0. The average molecular weight is 287 g/mol. The molecule has 0 aromatic heterocycles. The third kappa shape index (κ3) is 3.06. The van der Waals surface area contributed by atoms with Gasteiger partial charge in [-0.2, -0.15) is 5.26 Å². The van der Waals surface area contributed by atoms with Gasteiger partial charge in [0.1, 0.15) is 0 Å². The topological polar surface area (TPSA) is 90.9 Å². The van der Waals surface area contributed by atoms with Crippen molar-refractivity contribution in [3.8, 4) is 6.07 Å². The molecule has 0 aliphatic carbocycles. The first kappa shape index (κ1) is 13.9. The summed E-state index contributed by atoms with van der Waals surface area (Å²) in [5, 5.41) is 11.8. The Morgan fingerprint density at radius 3 is 2.45 bits per heavy atom. The molecule has 6 heteroatoms. The van der Waals surface area contributed by atoms with Crippen LogP contribution in [0.15, 0.2) is 42.5 Å². The van der Waals surface area contributed by atoms with Gasteiger partial charge in [-0.25, -0.2) is 0 Å². The monoisotopic (exact) mass is 286 g/mol. The maximum Gasteiger partial charge on any atom is 0.255 e. The molecule has 0 fully saturated rings. The van der Waals surface area contributed by atoms with Gasteiger partial charge in [0.15, 0.2) is 0 Å². The van der Waals surface area contributed by atoms with Gasteiger partial charge in [0.05, 0.1) is 22.3 Å². The van der Waals surface area contributed by atoms with E-state index in [1.54, 1.807) is 36.4 Å². The highest BCUT2D eigenvalue weighted by Crippen LogP contribution is 2.23. The number of hydrogen-bond donors (Lipinski definition) is 3. The number of carbonyl (C=O) groups excluding carboxylic acids is 1. The van der Waals surface area contributed by atoms with E-state index in [9.17, 15) is 4.79 Å². The second kappa shape index (κ2) is 6.06. The minimum absolute atomic E-state index is 0.292. The van der Waals surface area contributed by atoms with E-state index in [0.29, 0.717) is 27.5 Å². The van der Waals surface area contributed by atoms with Gasteiger partial charge in [0, 0.05) is 11.3 Å². The molecule has 0 aliphatic rings. The van der Waals surface area contributed by atoms with Crippen LogP contribution in [-0.2, 0) is 0 Å². The molecule has 2 aromatic rings. The van der Waals surface area contributed by atoms with Crippen molar-refractivity contribution in [2.45, 2.75) is 0 Å². The maximum absolute atomic E-state index is 12.0. The smallest absolute Gasteiger partial charge is 0.255 e. The molecular formula is C14H11ClN4O. The first-order valence-corrected chi connectivity index (χ1v) is 6.09. The van der Waals surface area contributed by atoms with Crippen LogP contribution in [0.5, 0.6) is 0 Å². The first-order chi connectivity index (χ1) is 9.63. The van der Waals surface area contributed by atoms with Gasteiger partial charge in [-0.15, -0.1) is 0 Å². The van der Waals surface area contributed by atoms with E-state index < -0.39 is 0 Å². The summed E-state index contributed by atoms with van der Waals surface area (Å²) in [6.07, 6.45) is 0. The molecule has 1 amide bonds. The van der Waals surface area contributed by atoms with Crippen molar-refractivity contribution in [2.75, 3.05) is 10.7 Å². The zero-order valence-corrected chi connectivity index (χ0v) is 11.1. The summed E-state index contributed by atoms with van der Waals surface area (Å²) in [6.45, 7) is 0. The number of nitriles is 1. The summed E-state index contributed by atoms with van der Waals surface area (Å²) in [7, 11) is 0. The van der Waals surface area contributed by atoms with Crippen LogP contribution in [0.25, 0.3) is 0 Å². The van der Waals surface area contributed by atoms with Crippen molar-refractivity contribution in [1.29, 1.82) is 5.26 Å². The van der Waals surface area contributed by atoms with Crippen LogP contribution < -0.4 is 16.6 Å². The first-order valence-electron chi connectivity index (χ1n) is 5.71. The number of carbonyl (C=O) groups is 1. The van der Waals surface area contributed by atoms with Crippen LogP contribution in [0.1, 0.15) is 15.9 Å². The quantitative estimate of drug-likeness (QED) is 0.598. The van der Waals surface area contributed by atoms with E-state index in [1.165, 1.54) is 6.07 Å². The zero-order valence-electron chi connectivity index (χ0n) is 10.4. The molecule has 100 valence electrons. The van der Waals surface area contributed by atoms with E-state index in [4.69, 9.17) is 22.7 Å². The molecule has 0 aliphatic heterocycles. The summed E-state index contributed by atoms with van der Waals surface area (Å²) < 4.78 is 0. The van der Waals surface area contributed by atoms with Crippen molar-refractivity contribution >= 4 is 28.9 Å².